The molecule has 0 bridgehead atoms. The quantitative estimate of drug-likeness (QED) is 0.821. The second kappa shape index (κ2) is 9.91. The van der Waals surface area contributed by atoms with Crippen LogP contribution in [-0.2, 0) is 0 Å². The Kier molecular flexibility index (Phi) is 8.93. The molecule has 138 valence electrons. The molecule has 24 heavy (non-hydrogen) atoms. The zero-order valence-corrected chi connectivity index (χ0v) is 15.8. The maximum atomic E-state index is 14.6. The van der Waals surface area contributed by atoms with Crippen molar-refractivity contribution in [2.45, 2.75) is 45.1 Å². The van der Waals surface area contributed by atoms with Crippen LogP contribution in [0.4, 0.5) is 8.78 Å². The number of nitrogens with zero attached hydrogens (tertiary/aromatic N) is 1. The molecule has 0 unspecified atom stereocenters. The Morgan fingerprint density at radius 2 is 1.62 bits per heavy atom. The molecule has 1 aliphatic heterocycles. The van der Waals surface area contributed by atoms with Crippen molar-refractivity contribution in [2.75, 3.05) is 26.2 Å². The number of hydrogen-bond donors (Lipinski definition) is 1. The van der Waals surface area contributed by atoms with E-state index in [4.69, 9.17) is 0 Å². The topological polar surface area (TPSA) is 15.3 Å². The van der Waals surface area contributed by atoms with Crippen molar-refractivity contribution >= 4 is 24.8 Å². The Balaban J connectivity index is 0.00000144. The number of halogens is 4. The molecule has 1 heterocycles. The molecule has 6 heteroatoms. The lowest BCUT2D eigenvalue weighted by Crippen LogP contribution is -2.47. The van der Waals surface area contributed by atoms with Crippen molar-refractivity contribution in [1.82, 2.24) is 10.2 Å². The van der Waals surface area contributed by atoms with E-state index in [1.807, 2.05) is 6.07 Å². The Morgan fingerprint density at radius 1 is 1.00 bits per heavy atom. The van der Waals surface area contributed by atoms with Crippen LogP contribution >= 0.6 is 24.8 Å². The summed E-state index contributed by atoms with van der Waals surface area (Å²) in [4.78, 5) is 2.36. The SMILES string of the molecule is Cc1ccc([C@@H](C2CCCCC2)N2CCNCC2)c(F)c1F.Cl.Cl. The van der Waals surface area contributed by atoms with Gasteiger partial charge in [-0.05, 0) is 31.2 Å². The molecule has 1 aliphatic carbocycles. The first-order chi connectivity index (χ1) is 10.7. The average Bonchev–Trinajstić information content (AvgIpc) is 2.57. The highest BCUT2D eigenvalue weighted by Gasteiger charge is 2.33. The van der Waals surface area contributed by atoms with Crippen LogP contribution in [-0.4, -0.2) is 31.1 Å². The lowest BCUT2D eigenvalue weighted by atomic mass is 9.79. The normalized spacial score (nSPS) is 20.8. The van der Waals surface area contributed by atoms with E-state index >= 15 is 0 Å². The molecule has 1 aromatic carbocycles. The van der Waals surface area contributed by atoms with Crippen molar-refractivity contribution in [3.63, 3.8) is 0 Å². The minimum Gasteiger partial charge on any atom is -0.314 e. The third kappa shape index (κ3) is 4.60. The Labute approximate surface area is 156 Å². The molecule has 2 nitrogen and oxygen atoms in total. The van der Waals surface area contributed by atoms with E-state index < -0.39 is 11.6 Å². The first-order valence-electron chi connectivity index (χ1n) is 8.57. The minimum atomic E-state index is -0.673. The standard InChI is InChI=1S/C18H26F2N2.2ClH/c1-13-7-8-15(17(20)16(13)19)18(14-5-3-2-4-6-14)22-11-9-21-10-12-22;;/h7-8,14,18,21H,2-6,9-12H2,1H3;2*1H/t18-;;/m1../s1. The number of hydrogen-bond acceptors (Lipinski definition) is 2. The van der Waals surface area contributed by atoms with Gasteiger partial charge >= 0.3 is 0 Å². The van der Waals surface area contributed by atoms with E-state index in [0.29, 0.717) is 17.0 Å². The molecule has 1 aromatic rings. The van der Waals surface area contributed by atoms with Crippen LogP contribution in [0.15, 0.2) is 12.1 Å². The molecular formula is C18H28Cl2F2N2. The number of rotatable bonds is 3. The van der Waals surface area contributed by atoms with Gasteiger partial charge in [-0.15, -0.1) is 24.8 Å². The largest absolute Gasteiger partial charge is 0.314 e. The maximum Gasteiger partial charge on any atom is 0.163 e. The molecule has 0 aromatic heterocycles. The van der Waals surface area contributed by atoms with Crippen LogP contribution in [0, 0.1) is 24.5 Å². The summed E-state index contributed by atoms with van der Waals surface area (Å²) in [6.07, 6.45) is 5.95. The zero-order valence-electron chi connectivity index (χ0n) is 14.2. The van der Waals surface area contributed by atoms with Crippen molar-refractivity contribution in [3.05, 3.63) is 34.9 Å². The second-order valence-electron chi connectivity index (χ2n) is 6.73. The first-order valence-corrected chi connectivity index (χ1v) is 8.57. The van der Waals surface area contributed by atoms with Gasteiger partial charge in [-0.1, -0.05) is 31.4 Å². The van der Waals surface area contributed by atoms with Gasteiger partial charge in [0.05, 0.1) is 0 Å². The number of aryl methyl sites for hydroxylation is 1. The summed E-state index contributed by atoms with van der Waals surface area (Å²) in [5.74, 6) is -0.856. The number of piperazine rings is 1. The van der Waals surface area contributed by atoms with Gasteiger partial charge in [0.25, 0.3) is 0 Å². The highest BCUT2D eigenvalue weighted by Crippen LogP contribution is 2.40. The summed E-state index contributed by atoms with van der Waals surface area (Å²) in [6, 6.07) is 3.57. The Hall–Kier alpha value is -0.420. The van der Waals surface area contributed by atoms with Gasteiger partial charge in [0, 0.05) is 37.8 Å². The van der Waals surface area contributed by atoms with E-state index in [2.05, 4.69) is 10.2 Å². The van der Waals surface area contributed by atoms with Crippen LogP contribution in [0.25, 0.3) is 0 Å². The third-order valence-corrected chi connectivity index (χ3v) is 5.27. The Morgan fingerprint density at radius 3 is 2.25 bits per heavy atom. The summed E-state index contributed by atoms with van der Waals surface area (Å²) in [6.45, 7) is 5.31. The highest BCUT2D eigenvalue weighted by molar-refractivity contribution is 5.85. The van der Waals surface area contributed by atoms with Crippen LogP contribution in [0.1, 0.15) is 49.3 Å². The van der Waals surface area contributed by atoms with E-state index in [1.54, 1.807) is 13.0 Å². The van der Waals surface area contributed by atoms with Crippen LogP contribution in [0.3, 0.4) is 0 Å². The predicted molar refractivity (Wildman–Crippen MR) is 99.3 cm³/mol. The van der Waals surface area contributed by atoms with Crippen LogP contribution in [0.5, 0.6) is 0 Å². The highest BCUT2D eigenvalue weighted by atomic mass is 35.5. The molecule has 0 spiro atoms. The smallest absolute Gasteiger partial charge is 0.163 e. The van der Waals surface area contributed by atoms with Crippen molar-refractivity contribution in [3.8, 4) is 0 Å². The Bertz CT molecular complexity index is 498. The molecule has 0 amide bonds. The van der Waals surface area contributed by atoms with Crippen molar-refractivity contribution in [1.29, 1.82) is 0 Å². The number of benzene rings is 1. The molecule has 1 atom stereocenters. The summed E-state index contributed by atoms with van der Waals surface area (Å²) in [5.41, 5.74) is 0.959. The molecule has 2 aliphatic rings. The van der Waals surface area contributed by atoms with Gasteiger partial charge in [0.15, 0.2) is 11.6 Å². The summed E-state index contributed by atoms with van der Waals surface area (Å²) in [7, 11) is 0. The van der Waals surface area contributed by atoms with E-state index in [1.165, 1.54) is 19.3 Å². The van der Waals surface area contributed by atoms with Crippen LogP contribution < -0.4 is 5.32 Å². The summed E-state index contributed by atoms with van der Waals surface area (Å²) < 4.78 is 28.7. The predicted octanol–water partition coefficient (Wildman–Crippen LogP) is 4.64. The number of nitrogens with one attached hydrogen (secondary N) is 1. The van der Waals surface area contributed by atoms with Crippen molar-refractivity contribution < 1.29 is 8.78 Å². The van der Waals surface area contributed by atoms with Gasteiger partial charge < -0.3 is 5.32 Å². The fraction of sp³-hybridized carbons (Fsp3) is 0.667. The van der Waals surface area contributed by atoms with E-state index in [0.717, 1.165) is 39.0 Å². The van der Waals surface area contributed by atoms with Gasteiger partial charge in [0.1, 0.15) is 0 Å². The second-order valence-corrected chi connectivity index (χ2v) is 6.73. The fourth-order valence-electron chi connectivity index (χ4n) is 4.05. The monoisotopic (exact) mass is 380 g/mol. The van der Waals surface area contributed by atoms with Gasteiger partial charge in [0.2, 0.25) is 0 Å². The molecule has 0 radical (unpaired) electrons. The van der Waals surface area contributed by atoms with Crippen molar-refractivity contribution in [2.24, 2.45) is 5.92 Å². The van der Waals surface area contributed by atoms with E-state index in [-0.39, 0.29) is 30.9 Å². The van der Waals surface area contributed by atoms with Gasteiger partial charge in [-0.2, -0.15) is 0 Å². The molecule has 1 saturated heterocycles. The molecule has 1 N–H and O–H groups in total. The van der Waals surface area contributed by atoms with E-state index in [9.17, 15) is 8.78 Å². The maximum absolute atomic E-state index is 14.6. The van der Waals surface area contributed by atoms with Gasteiger partial charge in [-0.3, -0.25) is 4.90 Å². The average molecular weight is 381 g/mol. The first kappa shape index (κ1) is 21.6. The summed E-state index contributed by atoms with van der Waals surface area (Å²) >= 11 is 0. The molecular weight excluding hydrogens is 353 g/mol. The zero-order chi connectivity index (χ0) is 15.5. The van der Waals surface area contributed by atoms with Gasteiger partial charge in [-0.25, -0.2) is 8.78 Å². The molecule has 1 saturated carbocycles. The lowest BCUT2D eigenvalue weighted by Gasteiger charge is -2.41. The molecule has 2 fully saturated rings. The third-order valence-electron chi connectivity index (χ3n) is 5.27. The summed E-state index contributed by atoms with van der Waals surface area (Å²) in [5, 5.41) is 3.35. The minimum absolute atomic E-state index is 0. The lowest BCUT2D eigenvalue weighted by molar-refractivity contribution is 0.0999. The molecule has 3 rings (SSSR count). The fourth-order valence-corrected chi connectivity index (χ4v) is 4.05. The van der Waals surface area contributed by atoms with Crippen LogP contribution in [0.2, 0.25) is 0 Å².